The van der Waals surface area contributed by atoms with Gasteiger partial charge in [0, 0.05) is 19.2 Å². The van der Waals surface area contributed by atoms with Crippen LogP contribution in [-0.4, -0.2) is 16.2 Å². The van der Waals surface area contributed by atoms with E-state index in [1.54, 1.807) is 24.3 Å². The second-order valence-electron chi connectivity index (χ2n) is 3.56. The molecule has 0 spiro atoms. The summed E-state index contributed by atoms with van der Waals surface area (Å²) in [5.41, 5.74) is 1.86. The Balaban J connectivity index is 1.97. The van der Waals surface area contributed by atoms with Gasteiger partial charge in [0.1, 0.15) is 6.26 Å². The molecule has 0 atom stereocenters. The Morgan fingerprint density at radius 2 is 2.12 bits per heavy atom. The van der Waals surface area contributed by atoms with E-state index in [1.807, 2.05) is 6.07 Å². The van der Waals surface area contributed by atoms with Crippen LogP contribution >= 0.6 is 0 Å². The molecule has 0 aliphatic carbocycles. The standard InChI is InChI=1S/C12H12N2O3/c15-12(16)11-4-2-1-3-9(11)7-13-8-10-5-6-17-14-10/h1-6,13H,7-8H2,(H,15,16). The Morgan fingerprint density at radius 1 is 1.29 bits per heavy atom. The normalized spacial score (nSPS) is 10.4. The van der Waals surface area contributed by atoms with Gasteiger partial charge in [-0.1, -0.05) is 23.4 Å². The molecular weight excluding hydrogens is 220 g/mol. The second-order valence-corrected chi connectivity index (χ2v) is 3.56. The molecule has 0 saturated carbocycles. The summed E-state index contributed by atoms with van der Waals surface area (Å²) in [5, 5.41) is 15.9. The molecule has 0 fully saturated rings. The number of aromatic carboxylic acids is 1. The largest absolute Gasteiger partial charge is 0.478 e. The molecule has 0 amide bonds. The zero-order valence-electron chi connectivity index (χ0n) is 9.09. The Kier molecular flexibility index (Phi) is 3.52. The minimum atomic E-state index is -0.913. The number of aromatic nitrogens is 1. The lowest BCUT2D eigenvalue weighted by Crippen LogP contribution is -2.15. The average molecular weight is 232 g/mol. The molecule has 0 aliphatic heterocycles. The number of carbonyl (C=O) groups is 1. The van der Waals surface area contributed by atoms with Crippen LogP contribution in [0.1, 0.15) is 21.6 Å². The van der Waals surface area contributed by atoms with E-state index in [2.05, 4.69) is 10.5 Å². The molecule has 0 saturated heterocycles. The van der Waals surface area contributed by atoms with E-state index in [9.17, 15) is 4.79 Å². The van der Waals surface area contributed by atoms with Gasteiger partial charge in [-0.3, -0.25) is 0 Å². The van der Waals surface area contributed by atoms with E-state index >= 15 is 0 Å². The fourth-order valence-electron chi connectivity index (χ4n) is 1.54. The van der Waals surface area contributed by atoms with Crippen molar-refractivity contribution in [3.8, 4) is 0 Å². The van der Waals surface area contributed by atoms with Crippen LogP contribution in [0.15, 0.2) is 41.1 Å². The third kappa shape index (κ3) is 2.92. The monoisotopic (exact) mass is 232 g/mol. The van der Waals surface area contributed by atoms with Gasteiger partial charge in [0.15, 0.2) is 0 Å². The van der Waals surface area contributed by atoms with Crippen molar-refractivity contribution in [1.29, 1.82) is 0 Å². The van der Waals surface area contributed by atoms with E-state index in [0.29, 0.717) is 18.7 Å². The molecule has 2 aromatic rings. The Morgan fingerprint density at radius 3 is 2.82 bits per heavy atom. The van der Waals surface area contributed by atoms with Crippen LogP contribution in [-0.2, 0) is 13.1 Å². The average Bonchev–Trinajstić information content (AvgIpc) is 2.82. The number of carboxylic acids is 1. The third-order valence-electron chi connectivity index (χ3n) is 2.36. The Bertz CT molecular complexity index is 494. The maximum atomic E-state index is 11.0. The predicted octanol–water partition coefficient (Wildman–Crippen LogP) is 1.66. The molecule has 88 valence electrons. The first-order chi connectivity index (χ1) is 8.27. The van der Waals surface area contributed by atoms with Crippen LogP contribution in [0.4, 0.5) is 0 Å². The number of benzene rings is 1. The molecule has 5 heteroatoms. The first-order valence-electron chi connectivity index (χ1n) is 5.18. The summed E-state index contributed by atoms with van der Waals surface area (Å²) in [7, 11) is 0. The van der Waals surface area contributed by atoms with E-state index in [1.165, 1.54) is 6.26 Å². The molecule has 5 nitrogen and oxygen atoms in total. The van der Waals surface area contributed by atoms with Gasteiger partial charge in [0.25, 0.3) is 0 Å². The lowest BCUT2D eigenvalue weighted by Gasteiger charge is -2.06. The smallest absolute Gasteiger partial charge is 0.336 e. The van der Waals surface area contributed by atoms with E-state index in [0.717, 1.165) is 11.3 Å². The van der Waals surface area contributed by atoms with Gasteiger partial charge in [0.05, 0.1) is 11.3 Å². The molecule has 17 heavy (non-hydrogen) atoms. The maximum absolute atomic E-state index is 11.0. The van der Waals surface area contributed by atoms with Crippen molar-refractivity contribution in [3.05, 3.63) is 53.4 Å². The number of hydrogen-bond acceptors (Lipinski definition) is 4. The second kappa shape index (κ2) is 5.27. The lowest BCUT2D eigenvalue weighted by molar-refractivity contribution is 0.0695. The van der Waals surface area contributed by atoms with Gasteiger partial charge < -0.3 is 14.9 Å². The molecule has 0 radical (unpaired) electrons. The van der Waals surface area contributed by atoms with Crippen LogP contribution in [0, 0.1) is 0 Å². The summed E-state index contributed by atoms with van der Waals surface area (Å²) in [4.78, 5) is 11.0. The highest BCUT2D eigenvalue weighted by Crippen LogP contribution is 2.08. The van der Waals surface area contributed by atoms with Gasteiger partial charge in [0.2, 0.25) is 0 Å². The van der Waals surface area contributed by atoms with E-state index in [4.69, 9.17) is 9.63 Å². The molecule has 1 heterocycles. The highest BCUT2D eigenvalue weighted by molar-refractivity contribution is 5.89. The first-order valence-corrected chi connectivity index (χ1v) is 5.18. The maximum Gasteiger partial charge on any atom is 0.336 e. The molecule has 0 aliphatic rings. The highest BCUT2D eigenvalue weighted by atomic mass is 16.5. The summed E-state index contributed by atoms with van der Waals surface area (Å²) in [6.45, 7) is 1.03. The minimum Gasteiger partial charge on any atom is -0.478 e. The molecule has 2 rings (SSSR count). The summed E-state index contributed by atoms with van der Waals surface area (Å²) in [5.74, 6) is -0.913. The summed E-state index contributed by atoms with van der Waals surface area (Å²) < 4.78 is 4.70. The van der Waals surface area contributed by atoms with Crippen LogP contribution < -0.4 is 5.32 Å². The highest BCUT2D eigenvalue weighted by Gasteiger charge is 2.08. The van der Waals surface area contributed by atoms with Crippen molar-refractivity contribution >= 4 is 5.97 Å². The third-order valence-corrected chi connectivity index (χ3v) is 2.36. The minimum absolute atomic E-state index is 0.320. The summed E-state index contributed by atoms with van der Waals surface area (Å²) in [6, 6.07) is 8.68. The number of rotatable bonds is 5. The van der Waals surface area contributed by atoms with Gasteiger partial charge >= 0.3 is 5.97 Å². The fraction of sp³-hybridized carbons (Fsp3) is 0.167. The van der Waals surface area contributed by atoms with Crippen LogP contribution in [0.5, 0.6) is 0 Å². The predicted molar refractivity (Wildman–Crippen MR) is 60.4 cm³/mol. The molecule has 0 bridgehead atoms. The molecule has 1 aromatic carbocycles. The molecule has 2 N–H and O–H groups in total. The van der Waals surface area contributed by atoms with Gasteiger partial charge in [-0.05, 0) is 11.6 Å². The Hall–Kier alpha value is -2.14. The number of carboxylic acid groups (broad SMARTS) is 1. The van der Waals surface area contributed by atoms with Gasteiger partial charge in [-0.2, -0.15) is 0 Å². The summed E-state index contributed by atoms with van der Waals surface area (Å²) in [6.07, 6.45) is 1.50. The zero-order valence-corrected chi connectivity index (χ0v) is 9.09. The van der Waals surface area contributed by atoms with Crippen molar-refractivity contribution in [3.63, 3.8) is 0 Å². The molecular formula is C12H12N2O3. The van der Waals surface area contributed by atoms with Crippen molar-refractivity contribution in [2.45, 2.75) is 13.1 Å². The van der Waals surface area contributed by atoms with Gasteiger partial charge in [-0.15, -0.1) is 0 Å². The topological polar surface area (TPSA) is 75.4 Å². The van der Waals surface area contributed by atoms with Crippen molar-refractivity contribution in [2.24, 2.45) is 0 Å². The quantitative estimate of drug-likeness (QED) is 0.820. The number of hydrogen-bond donors (Lipinski definition) is 2. The zero-order chi connectivity index (χ0) is 12.1. The fourth-order valence-corrected chi connectivity index (χ4v) is 1.54. The van der Waals surface area contributed by atoms with Crippen molar-refractivity contribution in [2.75, 3.05) is 0 Å². The van der Waals surface area contributed by atoms with Crippen molar-refractivity contribution < 1.29 is 14.4 Å². The first kappa shape index (κ1) is 11.3. The van der Waals surface area contributed by atoms with E-state index < -0.39 is 5.97 Å². The molecule has 0 unspecified atom stereocenters. The summed E-state index contributed by atoms with van der Waals surface area (Å²) >= 11 is 0. The van der Waals surface area contributed by atoms with Crippen LogP contribution in [0.3, 0.4) is 0 Å². The molecule has 1 aromatic heterocycles. The number of nitrogens with zero attached hydrogens (tertiary/aromatic N) is 1. The number of nitrogens with one attached hydrogen (secondary N) is 1. The van der Waals surface area contributed by atoms with Crippen LogP contribution in [0.2, 0.25) is 0 Å². The van der Waals surface area contributed by atoms with Crippen molar-refractivity contribution in [1.82, 2.24) is 10.5 Å². The van der Waals surface area contributed by atoms with E-state index in [-0.39, 0.29) is 0 Å². The SMILES string of the molecule is O=C(O)c1ccccc1CNCc1ccon1. The lowest BCUT2D eigenvalue weighted by atomic mass is 10.1. The van der Waals surface area contributed by atoms with Gasteiger partial charge in [-0.25, -0.2) is 4.79 Å². The van der Waals surface area contributed by atoms with Crippen LogP contribution in [0.25, 0.3) is 0 Å². The Labute approximate surface area is 98.1 Å².